The minimum absolute atomic E-state index is 0.103. The summed E-state index contributed by atoms with van der Waals surface area (Å²) in [4.78, 5) is 18.0. The second-order valence-corrected chi connectivity index (χ2v) is 9.74. The van der Waals surface area contributed by atoms with Gasteiger partial charge in [0.2, 0.25) is 11.2 Å². The van der Waals surface area contributed by atoms with Gasteiger partial charge >= 0.3 is 0 Å². The van der Waals surface area contributed by atoms with E-state index in [0.29, 0.717) is 37.7 Å². The molecule has 2 aliphatic heterocycles. The van der Waals surface area contributed by atoms with E-state index in [-0.39, 0.29) is 23.2 Å². The molecule has 0 saturated carbocycles. The van der Waals surface area contributed by atoms with Crippen LogP contribution in [0.5, 0.6) is 0 Å². The number of nitrogens with one attached hydrogen (secondary N) is 1. The molecule has 2 aliphatic rings. The number of aromatic nitrogens is 1. The van der Waals surface area contributed by atoms with E-state index in [2.05, 4.69) is 16.4 Å². The molecule has 2 saturated heterocycles. The van der Waals surface area contributed by atoms with Crippen LogP contribution >= 0.6 is 11.2 Å². The fraction of sp³-hybridized carbons (Fsp3) is 0.455. The number of hydrogen-bond donors (Lipinski definition) is 3. The first-order valence-electron chi connectivity index (χ1n) is 10.9. The summed E-state index contributed by atoms with van der Waals surface area (Å²) in [7, 11) is 0. The van der Waals surface area contributed by atoms with Crippen molar-refractivity contribution in [1.82, 2.24) is 9.88 Å². The predicted molar refractivity (Wildman–Crippen MR) is 124 cm³/mol. The minimum Gasteiger partial charge on any atom is -0.398 e. The van der Waals surface area contributed by atoms with Crippen LogP contribution in [0.1, 0.15) is 47.5 Å². The van der Waals surface area contributed by atoms with Crippen molar-refractivity contribution in [2.75, 3.05) is 43.1 Å². The number of anilines is 3. The fourth-order valence-electron chi connectivity index (χ4n) is 4.36. The Bertz CT molecular complexity index is 1010. The number of nitrogens with two attached hydrogens (primary N) is 2. The van der Waals surface area contributed by atoms with Crippen molar-refractivity contribution in [3.63, 3.8) is 0 Å². The molecule has 2 fully saturated rings. The molecule has 0 radical (unpaired) electrons. The quantitative estimate of drug-likeness (QED) is 0.534. The number of ether oxygens (including phenoxy) is 1. The summed E-state index contributed by atoms with van der Waals surface area (Å²) in [6.07, 6.45) is 5.10. The van der Waals surface area contributed by atoms with Crippen molar-refractivity contribution in [3.8, 4) is 0 Å². The monoisotopic (exact) mass is 483 g/mol. The average Bonchev–Trinajstić information content (AvgIpc) is 2.80. The number of piperidine rings is 1. The first kappa shape index (κ1) is 23.5. The summed E-state index contributed by atoms with van der Waals surface area (Å²) in [5.41, 5.74) is 13.8. The third-order valence-electron chi connectivity index (χ3n) is 6.29. The zero-order valence-corrected chi connectivity index (χ0v) is 18.9. The van der Waals surface area contributed by atoms with Crippen molar-refractivity contribution in [2.45, 2.75) is 42.5 Å². The van der Waals surface area contributed by atoms with Crippen molar-refractivity contribution in [1.29, 1.82) is 0 Å². The molecule has 33 heavy (non-hydrogen) atoms. The van der Waals surface area contributed by atoms with Crippen LogP contribution < -0.4 is 16.8 Å². The highest BCUT2D eigenvalue weighted by Crippen LogP contribution is 2.60. The number of nitrogens with zero attached hydrogens (tertiary/aromatic N) is 2. The fourth-order valence-corrected chi connectivity index (χ4v) is 4.84. The topological polar surface area (TPSA) is 106 Å². The number of carbonyl (C=O) groups excluding carboxylic acids is 1. The molecule has 1 aromatic carbocycles. The number of rotatable bonds is 5. The van der Waals surface area contributed by atoms with Crippen LogP contribution in [0.15, 0.2) is 35.4 Å². The Morgan fingerprint density at radius 2 is 1.79 bits per heavy atom. The second-order valence-electron chi connectivity index (χ2n) is 8.45. The van der Waals surface area contributed by atoms with Gasteiger partial charge in [0.05, 0.1) is 16.1 Å². The Hall–Kier alpha value is -2.66. The lowest BCUT2D eigenvalue weighted by Gasteiger charge is -2.33. The highest BCUT2D eigenvalue weighted by Gasteiger charge is 2.29. The maximum absolute atomic E-state index is 12.9. The van der Waals surface area contributed by atoms with E-state index in [1.807, 2.05) is 6.20 Å². The number of hydrogen-bond acceptors (Lipinski definition) is 6. The van der Waals surface area contributed by atoms with E-state index in [0.717, 1.165) is 49.4 Å². The number of carbonyl (C=O) groups is 1. The summed E-state index contributed by atoms with van der Waals surface area (Å²) in [5, 5.41) is 3.46. The molecule has 0 unspecified atom stereocenters. The maximum Gasteiger partial charge on any atom is 0.255 e. The molecule has 11 heteroatoms. The van der Waals surface area contributed by atoms with Crippen molar-refractivity contribution < 1.29 is 21.2 Å². The van der Waals surface area contributed by atoms with Gasteiger partial charge in [-0.25, -0.2) is 4.98 Å². The summed E-state index contributed by atoms with van der Waals surface area (Å²) < 4.78 is 44.3. The normalized spacial score (nSPS) is 18.8. The lowest BCUT2D eigenvalue weighted by molar-refractivity contribution is 0.0719. The largest absolute Gasteiger partial charge is 0.398 e. The smallest absolute Gasteiger partial charge is 0.255 e. The van der Waals surface area contributed by atoms with Gasteiger partial charge in [-0.2, -0.15) is 0 Å². The molecular formula is C22H28F3N5O2S. The van der Waals surface area contributed by atoms with Gasteiger partial charge in [-0.3, -0.25) is 4.79 Å². The Balaban J connectivity index is 1.37. The second kappa shape index (κ2) is 9.68. The third-order valence-corrected chi connectivity index (χ3v) is 7.08. The average molecular weight is 484 g/mol. The number of halogens is 3. The van der Waals surface area contributed by atoms with Crippen LogP contribution in [0.25, 0.3) is 0 Å². The lowest BCUT2D eigenvalue weighted by Crippen LogP contribution is -2.42. The molecule has 7 nitrogen and oxygen atoms in total. The summed E-state index contributed by atoms with van der Waals surface area (Å²) >= 11 is -5.38. The minimum atomic E-state index is -5.38. The van der Waals surface area contributed by atoms with Crippen LogP contribution in [0.4, 0.5) is 28.8 Å². The van der Waals surface area contributed by atoms with Gasteiger partial charge in [0, 0.05) is 44.2 Å². The SMILES string of the molecule is Nc1cc(S(F)(F)F)ccc1C(=O)N1CCC(Nc2cc(C3CCOCC3)cnc2N)CC1. The maximum atomic E-state index is 12.9. The number of likely N-dealkylation sites (tertiary alicyclic amines) is 1. The molecule has 0 atom stereocenters. The van der Waals surface area contributed by atoms with E-state index in [4.69, 9.17) is 16.2 Å². The van der Waals surface area contributed by atoms with E-state index in [9.17, 15) is 16.5 Å². The first-order chi connectivity index (χ1) is 15.7. The number of benzene rings is 1. The van der Waals surface area contributed by atoms with E-state index in [1.54, 1.807) is 4.90 Å². The molecule has 0 spiro atoms. The molecule has 1 amide bonds. The zero-order chi connectivity index (χ0) is 23.6. The van der Waals surface area contributed by atoms with Gasteiger partial charge in [0.1, 0.15) is 5.82 Å². The van der Waals surface area contributed by atoms with Gasteiger partial charge in [0.25, 0.3) is 5.91 Å². The molecule has 0 aliphatic carbocycles. The highest BCUT2D eigenvalue weighted by atomic mass is 32.3. The number of pyridine rings is 1. The number of amides is 1. The van der Waals surface area contributed by atoms with Gasteiger partial charge in [0.15, 0.2) is 0 Å². The van der Waals surface area contributed by atoms with Gasteiger partial charge in [-0.15, -0.1) is 11.7 Å². The Kier molecular flexibility index (Phi) is 6.89. The Morgan fingerprint density at radius 1 is 1.09 bits per heavy atom. The van der Waals surface area contributed by atoms with Crippen molar-refractivity contribution >= 4 is 34.3 Å². The molecule has 2 aromatic rings. The highest BCUT2D eigenvalue weighted by molar-refractivity contribution is 8.20. The zero-order valence-electron chi connectivity index (χ0n) is 18.1. The summed E-state index contributed by atoms with van der Waals surface area (Å²) in [6.45, 7) is 2.42. The predicted octanol–water partition coefficient (Wildman–Crippen LogP) is 4.67. The summed E-state index contributed by atoms with van der Waals surface area (Å²) in [5.74, 6) is 0.490. The molecule has 4 rings (SSSR count). The third kappa shape index (κ3) is 5.47. The number of nitrogen functional groups attached to an aromatic ring is 2. The summed E-state index contributed by atoms with van der Waals surface area (Å²) in [6, 6.07) is 5.11. The van der Waals surface area contributed by atoms with Gasteiger partial charge in [-0.05, 0) is 61.4 Å². The standard InChI is InChI=1S/C22H28F3N5O2S/c23-33(24,25)17-1-2-18(19(26)12-17)22(31)30-7-3-16(4-8-30)29-20-11-15(13-28-21(20)27)14-5-9-32-10-6-14/h1-2,11-14,16,29H,3-10,26H2,(H2,27,28). The molecule has 5 N–H and O–H groups in total. The molecule has 3 heterocycles. The Morgan fingerprint density at radius 3 is 2.42 bits per heavy atom. The first-order valence-corrected chi connectivity index (χ1v) is 12.3. The van der Waals surface area contributed by atoms with Crippen LogP contribution in [0.3, 0.4) is 0 Å². The van der Waals surface area contributed by atoms with Gasteiger partial charge in [-0.1, -0.05) is 0 Å². The van der Waals surface area contributed by atoms with Gasteiger partial charge < -0.3 is 26.4 Å². The van der Waals surface area contributed by atoms with Crippen LogP contribution in [0, 0.1) is 0 Å². The van der Waals surface area contributed by atoms with Crippen LogP contribution in [0.2, 0.25) is 0 Å². The molecule has 0 bridgehead atoms. The van der Waals surface area contributed by atoms with Crippen LogP contribution in [-0.2, 0) is 4.74 Å². The molecule has 1 aromatic heterocycles. The van der Waals surface area contributed by atoms with E-state index in [1.165, 1.54) is 6.07 Å². The van der Waals surface area contributed by atoms with Crippen LogP contribution in [-0.4, -0.2) is 48.1 Å². The molecule has 180 valence electrons. The van der Waals surface area contributed by atoms with Crippen molar-refractivity contribution in [3.05, 3.63) is 41.6 Å². The molecular weight excluding hydrogens is 455 g/mol. The Labute approximate surface area is 192 Å². The van der Waals surface area contributed by atoms with E-state index >= 15 is 0 Å². The lowest BCUT2D eigenvalue weighted by atomic mass is 9.92. The van der Waals surface area contributed by atoms with E-state index < -0.39 is 16.1 Å². The van der Waals surface area contributed by atoms with Crippen molar-refractivity contribution in [2.24, 2.45) is 0 Å².